The first-order valence-electron chi connectivity index (χ1n) is 11.6. The molecule has 3 amide bonds. The van der Waals surface area contributed by atoms with E-state index >= 15 is 0 Å². The Morgan fingerprint density at radius 3 is 2.72 bits per heavy atom. The molecule has 5 rings (SSSR count). The summed E-state index contributed by atoms with van der Waals surface area (Å²) >= 11 is 0. The molecule has 9 nitrogen and oxygen atoms in total. The minimum atomic E-state index is -1.01. The van der Waals surface area contributed by atoms with Gasteiger partial charge in [0, 0.05) is 32.7 Å². The number of hydrogen-bond acceptors (Lipinski definition) is 7. The maximum Gasteiger partial charge on any atom is 0.256 e. The van der Waals surface area contributed by atoms with Crippen LogP contribution in [0.2, 0.25) is 0 Å². The number of amides is 3. The van der Waals surface area contributed by atoms with E-state index in [0.29, 0.717) is 42.1 Å². The normalized spacial score (nSPS) is 28.5. The van der Waals surface area contributed by atoms with E-state index in [1.807, 2.05) is 0 Å². The Balaban J connectivity index is 1.25. The molecular formula is C23H30N4O5. The zero-order valence-electron chi connectivity index (χ0n) is 18.2. The Labute approximate surface area is 187 Å². The van der Waals surface area contributed by atoms with Crippen LogP contribution in [0.3, 0.4) is 0 Å². The maximum atomic E-state index is 12.9. The molecule has 0 spiro atoms. The third-order valence-electron chi connectivity index (χ3n) is 7.30. The third-order valence-corrected chi connectivity index (χ3v) is 7.30. The number of rotatable bonds is 4. The topological polar surface area (TPSA) is 112 Å². The van der Waals surface area contributed by atoms with E-state index in [0.717, 1.165) is 39.3 Å². The van der Waals surface area contributed by atoms with Gasteiger partial charge in [0.1, 0.15) is 11.6 Å². The van der Waals surface area contributed by atoms with Crippen molar-refractivity contribution in [1.29, 1.82) is 0 Å². The molecule has 2 N–H and O–H groups in total. The second kappa shape index (κ2) is 8.53. The molecule has 0 saturated carbocycles. The first kappa shape index (κ1) is 21.5. The van der Waals surface area contributed by atoms with E-state index in [1.165, 1.54) is 11.3 Å². The lowest BCUT2D eigenvalue weighted by molar-refractivity contribution is -0.136. The zero-order chi connectivity index (χ0) is 22.3. The molecule has 2 unspecified atom stereocenters. The molecule has 9 heteroatoms. The number of hydrogen-bond donors (Lipinski definition) is 2. The number of pyridine rings is 1. The van der Waals surface area contributed by atoms with Crippen LogP contribution in [0.25, 0.3) is 0 Å². The van der Waals surface area contributed by atoms with E-state index in [9.17, 15) is 19.5 Å². The van der Waals surface area contributed by atoms with Crippen LogP contribution >= 0.6 is 0 Å². The Morgan fingerprint density at radius 2 is 2.00 bits per heavy atom. The summed E-state index contributed by atoms with van der Waals surface area (Å²) in [5.74, 6) is -0.417. The van der Waals surface area contributed by atoms with Crippen molar-refractivity contribution >= 4 is 17.7 Å². The molecule has 4 aliphatic heterocycles. The molecule has 1 aromatic heterocycles. The van der Waals surface area contributed by atoms with Crippen molar-refractivity contribution in [3.8, 4) is 0 Å². The van der Waals surface area contributed by atoms with Gasteiger partial charge in [-0.05, 0) is 50.2 Å². The summed E-state index contributed by atoms with van der Waals surface area (Å²) in [7, 11) is 0. The molecular weight excluding hydrogens is 412 g/mol. The maximum absolute atomic E-state index is 12.9. The van der Waals surface area contributed by atoms with Gasteiger partial charge in [0.2, 0.25) is 11.8 Å². The zero-order valence-corrected chi connectivity index (χ0v) is 18.2. The summed E-state index contributed by atoms with van der Waals surface area (Å²) in [5.41, 5.74) is 0.638. The number of aromatic nitrogens is 1. The molecule has 32 heavy (non-hydrogen) atoms. The number of carbonyl (C=O) groups excluding carboxylic acids is 3. The van der Waals surface area contributed by atoms with Crippen LogP contribution in [-0.4, -0.2) is 76.5 Å². The van der Waals surface area contributed by atoms with Crippen molar-refractivity contribution in [3.05, 3.63) is 29.1 Å². The molecule has 0 aliphatic carbocycles. The number of imide groups is 1. The van der Waals surface area contributed by atoms with Gasteiger partial charge in [0.05, 0.1) is 30.1 Å². The van der Waals surface area contributed by atoms with Crippen LogP contribution in [0.15, 0.2) is 12.1 Å². The number of carbonyl (C=O) groups is 3. The number of piperidine rings is 2. The van der Waals surface area contributed by atoms with Crippen LogP contribution in [0.5, 0.6) is 0 Å². The van der Waals surface area contributed by atoms with E-state index in [4.69, 9.17) is 4.74 Å². The van der Waals surface area contributed by atoms with Crippen molar-refractivity contribution in [3.63, 3.8) is 0 Å². The Kier molecular flexibility index (Phi) is 5.73. The number of ether oxygens (including phenoxy) is 1. The molecule has 0 aromatic carbocycles. The fraction of sp³-hybridized carbons (Fsp3) is 0.652. The van der Waals surface area contributed by atoms with Crippen LogP contribution < -0.4 is 5.32 Å². The van der Waals surface area contributed by atoms with Crippen LogP contribution in [0.1, 0.15) is 60.3 Å². The fourth-order valence-electron chi connectivity index (χ4n) is 5.37. The lowest BCUT2D eigenvalue weighted by Gasteiger charge is -2.39. The summed E-state index contributed by atoms with van der Waals surface area (Å²) in [6, 6.07) is 2.80. The highest BCUT2D eigenvalue weighted by atomic mass is 16.5. The third kappa shape index (κ3) is 4.04. The van der Waals surface area contributed by atoms with E-state index in [1.54, 1.807) is 12.1 Å². The van der Waals surface area contributed by atoms with Gasteiger partial charge < -0.3 is 19.6 Å². The Bertz CT molecular complexity index is 921. The minimum absolute atomic E-state index is 0.220. The smallest absolute Gasteiger partial charge is 0.256 e. The molecule has 5 heterocycles. The minimum Gasteiger partial charge on any atom is -0.383 e. The van der Waals surface area contributed by atoms with Crippen molar-refractivity contribution in [2.24, 2.45) is 5.92 Å². The average Bonchev–Trinajstić information content (AvgIpc) is 3.12. The predicted molar refractivity (Wildman–Crippen MR) is 113 cm³/mol. The molecule has 4 aliphatic rings. The van der Waals surface area contributed by atoms with Crippen molar-refractivity contribution < 1.29 is 24.2 Å². The van der Waals surface area contributed by atoms with Crippen molar-refractivity contribution in [2.75, 3.05) is 32.8 Å². The van der Waals surface area contributed by atoms with Gasteiger partial charge in [0.15, 0.2) is 0 Å². The summed E-state index contributed by atoms with van der Waals surface area (Å²) in [6.45, 7) is 4.51. The van der Waals surface area contributed by atoms with E-state index < -0.39 is 17.6 Å². The number of aliphatic hydroxyl groups is 1. The highest BCUT2D eigenvalue weighted by Crippen LogP contribution is 2.35. The quantitative estimate of drug-likeness (QED) is 0.655. The SMILES string of the molecule is O=C1CCC(N2Cc3nc(C4(O)CCN(CC5CCCOC5)CC4)ccc3C2=O)C(=O)N1. The number of nitrogens with one attached hydrogen (secondary N) is 1. The largest absolute Gasteiger partial charge is 0.383 e. The molecule has 0 bridgehead atoms. The molecule has 0 radical (unpaired) electrons. The van der Waals surface area contributed by atoms with Gasteiger partial charge in [-0.1, -0.05) is 0 Å². The highest BCUT2D eigenvalue weighted by molar-refractivity contribution is 6.05. The second-order valence-electron chi connectivity index (χ2n) is 9.51. The number of fused-ring (bicyclic) bond motifs is 1. The first-order valence-corrected chi connectivity index (χ1v) is 11.6. The molecule has 172 valence electrons. The summed E-state index contributed by atoms with van der Waals surface area (Å²) in [6.07, 6.45) is 4.05. The monoisotopic (exact) mass is 442 g/mol. The van der Waals surface area contributed by atoms with E-state index in [-0.39, 0.29) is 24.8 Å². The Hall–Kier alpha value is -2.36. The first-order chi connectivity index (χ1) is 15.4. The number of nitrogens with zero attached hydrogens (tertiary/aromatic N) is 3. The summed E-state index contributed by atoms with van der Waals surface area (Å²) < 4.78 is 5.59. The molecule has 2 atom stereocenters. The fourth-order valence-corrected chi connectivity index (χ4v) is 5.37. The van der Waals surface area contributed by atoms with Crippen LogP contribution in [0.4, 0.5) is 0 Å². The van der Waals surface area contributed by atoms with Crippen molar-refractivity contribution in [1.82, 2.24) is 20.1 Å². The average molecular weight is 443 g/mol. The highest BCUT2D eigenvalue weighted by Gasteiger charge is 2.41. The van der Waals surface area contributed by atoms with Gasteiger partial charge >= 0.3 is 0 Å². The molecule has 3 fully saturated rings. The predicted octanol–water partition coefficient (Wildman–Crippen LogP) is 0.553. The van der Waals surface area contributed by atoms with Gasteiger partial charge in [0.25, 0.3) is 5.91 Å². The lowest BCUT2D eigenvalue weighted by Crippen LogP contribution is -2.52. The lowest BCUT2D eigenvalue weighted by atomic mass is 9.86. The van der Waals surface area contributed by atoms with Crippen LogP contribution in [-0.2, 0) is 26.5 Å². The number of likely N-dealkylation sites (tertiary alicyclic amines) is 1. The van der Waals surface area contributed by atoms with Crippen LogP contribution in [0, 0.1) is 5.92 Å². The molecule has 1 aromatic rings. The van der Waals surface area contributed by atoms with E-state index in [2.05, 4.69) is 15.2 Å². The van der Waals surface area contributed by atoms with Gasteiger partial charge in [-0.3, -0.25) is 24.7 Å². The Morgan fingerprint density at radius 1 is 1.19 bits per heavy atom. The van der Waals surface area contributed by atoms with Gasteiger partial charge in [-0.2, -0.15) is 0 Å². The van der Waals surface area contributed by atoms with Gasteiger partial charge in [-0.25, -0.2) is 0 Å². The summed E-state index contributed by atoms with van der Waals surface area (Å²) in [4.78, 5) is 45.1. The van der Waals surface area contributed by atoms with Crippen molar-refractivity contribution in [2.45, 2.75) is 56.7 Å². The summed E-state index contributed by atoms with van der Waals surface area (Å²) in [5, 5.41) is 13.6. The molecule has 3 saturated heterocycles. The van der Waals surface area contributed by atoms with Gasteiger partial charge in [-0.15, -0.1) is 0 Å². The second-order valence-corrected chi connectivity index (χ2v) is 9.51. The standard InChI is InChI=1S/C23H30N4O5/c28-20-6-4-18(21(29)25-20)27-13-17-16(22(27)30)3-5-19(24-17)23(31)7-9-26(10-8-23)12-15-2-1-11-32-14-15/h3,5,15,18,31H,1-2,4,6-14H2,(H,25,28,29).